The van der Waals surface area contributed by atoms with Crippen LogP contribution in [0.1, 0.15) is 18.5 Å². The number of hydrogen-bond acceptors (Lipinski definition) is 5. The topological polar surface area (TPSA) is 59.1 Å². The van der Waals surface area contributed by atoms with Crippen LogP contribution >= 0.6 is 11.3 Å². The van der Waals surface area contributed by atoms with Crippen LogP contribution in [0.3, 0.4) is 0 Å². The lowest BCUT2D eigenvalue weighted by molar-refractivity contribution is 0.572. The summed E-state index contributed by atoms with van der Waals surface area (Å²) >= 11 is 1.55. The summed E-state index contributed by atoms with van der Waals surface area (Å²) in [4.78, 5) is 4.12. The highest BCUT2D eigenvalue weighted by molar-refractivity contribution is 7.92. The first kappa shape index (κ1) is 11.0. The van der Waals surface area contributed by atoms with Crippen LogP contribution in [0, 0.1) is 0 Å². The van der Waals surface area contributed by atoms with E-state index in [-0.39, 0.29) is 5.25 Å². The number of sulfone groups is 1. The molecule has 6 heteroatoms. The number of nitrogens with one attached hydrogen (secondary N) is 1. The number of aromatic nitrogens is 1. The zero-order valence-electron chi connectivity index (χ0n) is 8.35. The van der Waals surface area contributed by atoms with Crippen molar-refractivity contribution in [3.63, 3.8) is 0 Å². The van der Waals surface area contributed by atoms with Crippen molar-refractivity contribution in [3.05, 3.63) is 16.6 Å². The van der Waals surface area contributed by atoms with Gasteiger partial charge in [0, 0.05) is 18.5 Å². The van der Waals surface area contributed by atoms with Gasteiger partial charge in [-0.25, -0.2) is 13.4 Å². The zero-order valence-corrected chi connectivity index (χ0v) is 9.98. The predicted octanol–water partition coefficient (Wildman–Crippen LogP) is 0.810. The molecule has 0 saturated carbocycles. The molecule has 1 aliphatic rings. The second-order valence-electron chi connectivity index (χ2n) is 3.74. The fourth-order valence-corrected chi connectivity index (χ4v) is 4.13. The minimum absolute atomic E-state index is 0.184. The largest absolute Gasteiger partial charge is 0.310 e. The second-order valence-corrected chi connectivity index (χ2v) is 6.86. The van der Waals surface area contributed by atoms with Gasteiger partial charge < -0.3 is 5.32 Å². The van der Waals surface area contributed by atoms with Crippen molar-refractivity contribution in [1.82, 2.24) is 10.3 Å². The lowest BCUT2D eigenvalue weighted by atomic mass is 10.2. The predicted molar refractivity (Wildman–Crippen MR) is 60.6 cm³/mol. The van der Waals surface area contributed by atoms with Gasteiger partial charge in [-0.15, -0.1) is 11.3 Å². The fourth-order valence-electron chi connectivity index (χ4n) is 1.77. The molecule has 0 radical (unpaired) electrons. The summed E-state index contributed by atoms with van der Waals surface area (Å²) in [6.07, 6.45) is 1.61. The average Bonchev–Trinajstić information content (AvgIpc) is 2.77. The monoisotopic (exact) mass is 246 g/mol. The molecule has 1 saturated heterocycles. The van der Waals surface area contributed by atoms with Gasteiger partial charge in [-0.2, -0.15) is 0 Å². The Balaban J connectivity index is 1.79. The van der Waals surface area contributed by atoms with Gasteiger partial charge in [0.15, 0.2) is 9.84 Å². The van der Waals surface area contributed by atoms with E-state index in [2.05, 4.69) is 10.3 Å². The smallest absolute Gasteiger partial charge is 0.154 e. The SMILES string of the molecule is O=S1(=O)CCCC1CNCc1cscn1. The molecule has 1 atom stereocenters. The maximum atomic E-state index is 11.5. The molecule has 1 aliphatic heterocycles. The number of nitrogens with zero attached hydrogens (tertiary/aromatic N) is 1. The molecule has 2 rings (SSSR count). The fraction of sp³-hybridized carbons (Fsp3) is 0.667. The molecular weight excluding hydrogens is 232 g/mol. The zero-order chi connectivity index (χ0) is 10.7. The van der Waals surface area contributed by atoms with Gasteiger partial charge in [0.05, 0.1) is 22.2 Å². The van der Waals surface area contributed by atoms with Gasteiger partial charge in [-0.3, -0.25) is 0 Å². The number of rotatable bonds is 4. The third-order valence-electron chi connectivity index (χ3n) is 2.62. The van der Waals surface area contributed by atoms with Gasteiger partial charge in [0.2, 0.25) is 0 Å². The van der Waals surface area contributed by atoms with Crippen molar-refractivity contribution in [2.75, 3.05) is 12.3 Å². The molecule has 1 aromatic rings. The molecule has 0 aromatic carbocycles. The van der Waals surface area contributed by atoms with Gasteiger partial charge in [0.1, 0.15) is 0 Å². The van der Waals surface area contributed by atoms with E-state index in [1.165, 1.54) is 0 Å². The molecule has 15 heavy (non-hydrogen) atoms. The third-order valence-corrected chi connectivity index (χ3v) is 5.54. The highest BCUT2D eigenvalue weighted by Gasteiger charge is 2.30. The first-order chi connectivity index (χ1) is 7.18. The molecule has 1 aromatic heterocycles. The quantitative estimate of drug-likeness (QED) is 0.854. The van der Waals surface area contributed by atoms with Crippen LogP contribution < -0.4 is 5.32 Å². The summed E-state index contributed by atoms with van der Waals surface area (Å²) in [5, 5.41) is 4.93. The first-order valence-corrected chi connectivity index (χ1v) is 7.63. The summed E-state index contributed by atoms with van der Waals surface area (Å²) in [5.41, 5.74) is 2.76. The number of hydrogen-bond donors (Lipinski definition) is 1. The van der Waals surface area contributed by atoms with Crippen LogP contribution in [-0.2, 0) is 16.4 Å². The Morgan fingerprint density at radius 1 is 1.60 bits per heavy atom. The molecule has 1 N–H and O–H groups in total. The van der Waals surface area contributed by atoms with E-state index in [0.717, 1.165) is 18.5 Å². The maximum Gasteiger partial charge on any atom is 0.154 e. The normalized spacial score (nSPS) is 24.4. The van der Waals surface area contributed by atoms with E-state index in [0.29, 0.717) is 18.8 Å². The summed E-state index contributed by atoms with van der Waals surface area (Å²) in [6.45, 7) is 1.22. The summed E-state index contributed by atoms with van der Waals surface area (Å²) in [7, 11) is -2.81. The minimum atomic E-state index is -2.81. The molecule has 4 nitrogen and oxygen atoms in total. The minimum Gasteiger partial charge on any atom is -0.310 e. The van der Waals surface area contributed by atoms with Crippen molar-refractivity contribution >= 4 is 21.2 Å². The van der Waals surface area contributed by atoms with Gasteiger partial charge in [-0.05, 0) is 12.8 Å². The van der Waals surface area contributed by atoms with Crippen LogP contribution in [0.25, 0.3) is 0 Å². The Bertz CT molecular complexity index is 400. The lowest BCUT2D eigenvalue weighted by Gasteiger charge is -2.09. The molecule has 0 amide bonds. The van der Waals surface area contributed by atoms with E-state index in [4.69, 9.17) is 0 Å². The summed E-state index contributed by atoms with van der Waals surface area (Å²) < 4.78 is 23.0. The van der Waals surface area contributed by atoms with E-state index in [1.807, 2.05) is 5.38 Å². The Kier molecular flexibility index (Phi) is 3.38. The Morgan fingerprint density at radius 3 is 3.07 bits per heavy atom. The molecule has 1 fully saturated rings. The lowest BCUT2D eigenvalue weighted by Crippen LogP contribution is -2.30. The van der Waals surface area contributed by atoms with Crippen molar-refractivity contribution < 1.29 is 8.42 Å². The van der Waals surface area contributed by atoms with Crippen molar-refractivity contribution in [2.24, 2.45) is 0 Å². The molecule has 2 heterocycles. The Hall–Kier alpha value is -0.460. The molecule has 0 bridgehead atoms. The van der Waals surface area contributed by atoms with Gasteiger partial charge >= 0.3 is 0 Å². The van der Waals surface area contributed by atoms with Gasteiger partial charge in [-0.1, -0.05) is 0 Å². The Labute approximate surface area is 93.7 Å². The molecule has 84 valence electrons. The van der Waals surface area contributed by atoms with E-state index >= 15 is 0 Å². The van der Waals surface area contributed by atoms with Crippen LogP contribution in [0.15, 0.2) is 10.9 Å². The van der Waals surface area contributed by atoms with E-state index < -0.39 is 9.84 Å². The summed E-state index contributed by atoms with van der Waals surface area (Å²) in [6, 6.07) is 0. The molecule has 0 spiro atoms. The Morgan fingerprint density at radius 2 is 2.47 bits per heavy atom. The average molecular weight is 246 g/mol. The van der Waals surface area contributed by atoms with Crippen LogP contribution in [0.4, 0.5) is 0 Å². The van der Waals surface area contributed by atoms with Crippen LogP contribution in [0.5, 0.6) is 0 Å². The second kappa shape index (κ2) is 4.59. The maximum absolute atomic E-state index is 11.5. The van der Waals surface area contributed by atoms with Crippen LogP contribution in [-0.4, -0.2) is 30.9 Å². The standard InChI is InChI=1S/C9H14N2O2S2/c12-15(13)3-1-2-9(15)5-10-4-8-6-14-7-11-8/h6-7,9-10H,1-5H2. The van der Waals surface area contributed by atoms with E-state index in [1.54, 1.807) is 16.8 Å². The van der Waals surface area contributed by atoms with Crippen molar-refractivity contribution in [1.29, 1.82) is 0 Å². The molecule has 1 unspecified atom stereocenters. The van der Waals surface area contributed by atoms with Crippen molar-refractivity contribution in [3.8, 4) is 0 Å². The highest BCUT2D eigenvalue weighted by atomic mass is 32.2. The molecule has 0 aliphatic carbocycles. The molecular formula is C9H14N2O2S2. The third kappa shape index (κ3) is 2.76. The van der Waals surface area contributed by atoms with E-state index in [9.17, 15) is 8.42 Å². The van der Waals surface area contributed by atoms with Crippen LogP contribution in [0.2, 0.25) is 0 Å². The van der Waals surface area contributed by atoms with Gasteiger partial charge in [0.25, 0.3) is 0 Å². The van der Waals surface area contributed by atoms with Crippen molar-refractivity contribution in [2.45, 2.75) is 24.6 Å². The number of thiazole rings is 1. The highest BCUT2D eigenvalue weighted by Crippen LogP contribution is 2.19. The first-order valence-electron chi connectivity index (χ1n) is 4.98. The summed E-state index contributed by atoms with van der Waals surface area (Å²) in [5.74, 6) is 0.357.